The van der Waals surface area contributed by atoms with Crippen LogP contribution in [0.1, 0.15) is 20.7 Å². The normalized spacial score (nSPS) is 10.1. The number of nitrogens with zero attached hydrogens (tertiary/aromatic N) is 2. The predicted molar refractivity (Wildman–Crippen MR) is 73.8 cm³/mol. The molecule has 2 rings (SSSR count). The van der Waals surface area contributed by atoms with E-state index in [0.29, 0.717) is 11.2 Å². The minimum Gasteiger partial charge on any atom is -0.478 e. The Bertz CT molecular complexity index is 732. The molecule has 0 fully saturated rings. The molecule has 0 radical (unpaired) electrons. The summed E-state index contributed by atoms with van der Waals surface area (Å²) in [5, 5.41) is 20.0. The Hall–Kier alpha value is -2.74. The number of carboxylic acids is 1. The largest absolute Gasteiger partial charge is 0.478 e. The van der Waals surface area contributed by atoms with Gasteiger partial charge in [-0.1, -0.05) is 11.8 Å². The summed E-state index contributed by atoms with van der Waals surface area (Å²) in [6.45, 7) is 0. The van der Waals surface area contributed by atoms with Crippen LogP contribution in [0, 0.1) is 10.1 Å². The van der Waals surface area contributed by atoms with Gasteiger partial charge in [-0.25, -0.2) is 9.78 Å². The quantitative estimate of drug-likeness (QED) is 0.513. The average Bonchev–Trinajstić information content (AvgIpc) is 2.47. The van der Waals surface area contributed by atoms with Gasteiger partial charge in [0.25, 0.3) is 5.69 Å². The number of hydrogen-bond donors (Lipinski definition) is 1. The lowest BCUT2D eigenvalue weighted by Crippen LogP contribution is -2.00. The number of carboxylic acid groups (broad SMARTS) is 1. The molecule has 0 aliphatic carbocycles. The molecular weight excluding hydrogens is 296 g/mol. The van der Waals surface area contributed by atoms with Crippen molar-refractivity contribution in [2.45, 2.75) is 9.92 Å². The van der Waals surface area contributed by atoms with Crippen molar-refractivity contribution in [3.05, 3.63) is 57.8 Å². The Kier molecular flexibility index (Phi) is 4.29. The molecule has 0 bridgehead atoms. The molecule has 0 atom stereocenters. The third kappa shape index (κ3) is 3.23. The Morgan fingerprint density at radius 2 is 2.14 bits per heavy atom. The number of rotatable bonds is 5. The van der Waals surface area contributed by atoms with Crippen molar-refractivity contribution in [2.24, 2.45) is 0 Å². The van der Waals surface area contributed by atoms with E-state index in [2.05, 4.69) is 4.98 Å². The lowest BCUT2D eigenvalue weighted by atomic mass is 10.2. The molecule has 2 aromatic rings. The molecule has 8 heteroatoms. The highest BCUT2D eigenvalue weighted by atomic mass is 32.2. The summed E-state index contributed by atoms with van der Waals surface area (Å²) in [4.78, 5) is 36.6. The molecule has 21 heavy (non-hydrogen) atoms. The van der Waals surface area contributed by atoms with E-state index in [0.717, 1.165) is 17.8 Å². The van der Waals surface area contributed by atoms with Crippen LogP contribution in [0.5, 0.6) is 0 Å². The minimum absolute atomic E-state index is 0.00213. The fraction of sp³-hybridized carbons (Fsp3) is 0. The number of aromatic carboxylic acids is 1. The number of pyridine rings is 1. The van der Waals surface area contributed by atoms with Crippen molar-refractivity contribution in [1.82, 2.24) is 4.98 Å². The molecule has 0 saturated heterocycles. The van der Waals surface area contributed by atoms with Gasteiger partial charge in [-0.15, -0.1) is 0 Å². The summed E-state index contributed by atoms with van der Waals surface area (Å²) in [5.74, 6) is -1.14. The molecule has 7 nitrogen and oxygen atoms in total. The maximum atomic E-state index is 11.1. The van der Waals surface area contributed by atoms with E-state index in [4.69, 9.17) is 5.11 Å². The molecule has 0 amide bonds. The van der Waals surface area contributed by atoms with E-state index in [1.54, 1.807) is 0 Å². The van der Waals surface area contributed by atoms with E-state index in [1.165, 1.54) is 30.5 Å². The smallest absolute Gasteiger partial charge is 0.338 e. The van der Waals surface area contributed by atoms with Crippen LogP contribution in [-0.2, 0) is 0 Å². The number of carbonyl (C=O) groups is 2. The van der Waals surface area contributed by atoms with Crippen LogP contribution in [0.15, 0.2) is 46.5 Å². The molecule has 1 heterocycles. The molecule has 0 aliphatic rings. The first-order valence-electron chi connectivity index (χ1n) is 5.62. The molecule has 1 aromatic carbocycles. The van der Waals surface area contributed by atoms with Crippen molar-refractivity contribution < 1.29 is 19.6 Å². The molecule has 106 valence electrons. The van der Waals surface area contributed by atoms with Gasteiger partial charge in [0, 0.05) is 28.8 Å². The highest BCUT2D eigenvalue weighted by Gasteiger charge is 2.16. The number of aromatic nitrogens is 1. The number of aldehydes is 1. The van der Waals surface area contributed by atoms with E-state index in [9.17, 15) is 19.7 Å². The van der Waals surface area contributed by atoms with Crippen LogP contribution in [0.25, 0.3) is 0 Å². The lowest BCUT2D eigenvalue weighted by molar-refractivity contribution is -0.384. The van der Waals surface area contributed by atoms with E-state index in [-0.39, 0.29) is 21.8 Å². The van der Waals surface area contributed by atoms with Crippen molar-refractivity contribution >= 4 is 29.7 Å². The van der Waals surface area contributed by atoms with Gasteiger partial charge in [-0.2, -0.15) is 0 Å². The summed E-state index contributed by atoms with van der Waals surface area (Å²) in [5.41, 5.74) is -0.102. The first-order chi connectivity index (χ1) is 10.0. The first-order valence-corrected chi connectivity index (χ1v) is 6.44. The van der Waals surface area contributed by atoms with Gasteiger partial charge >= 0.3 is 5.97 Å². The van der Waals surface area contributed by atoms with Crippen LogP contribution >= 0.6 is 11.8 Å². The summed E-state index contributed by atoms with van der Waals surface area (Å²) < 4.78 is 0. The maximum Gasteiger partial charge on any atom is 0.338 e. The highest BCUT2D eigenvalue weighted by Crippen LogP contribution is 2.32. The van der Waals surface area contributed by atoms with Gasteiger partial charge < -0.3 is 5.11 Å². The van der Waals surface area contributed by atoms with Gasteiger partial charge in [-0.05, 0) is 18.2 Å². The van der Waals surface area contributed by atoms with Crippen LogP contribution < -0.4 is 0 Å². The minimum atomic E-state index is -1.14. The molecule has 0 unspecified atom stereocenters. The number of nitro benzene ring substituents is 1. The Morgan fingerprint density at radius 1 is 1.38 bits per heavy atom. The van der Waals surface area contributed by atoms with Crippen LogP contribution in [-0.4, -0.2) is 27.3 Å². The molecular formula is C13H8N2O5S. The van der Waals surface area contributed by atoms with Crippen molar-refractivity contribution in [3.8, 4) is 0 Å². The monoisotopic (exact) mass is 304 g/mol. The average molecular weight is 304 g/mol. The second-order valence-corrected chi connectivity index (χ2v) is 4.89. The van der Waals surface area contributed by atoms with Crippen LogP contribution in [0.4, 0.5) is 5.69 Å². The second-order valence-electron chi connectivity index (χ2n) is 3.86. The summed E-state index contributed by atoms with van der Waals surface area (Å²) in [6.07, 6.45) is 1.92. The number of nitro groups is 1. The predicted octanol–water partition coefficient (Wildman–Crippen LogP) is 2.65. The summed E-state index contributed by atoms with van der Waals surface area (Å²) >= 11 is 0.968. The third-order valence-corrected chi connectivity index (χ3v) is 3.65. The van der Waals surface area contributed by atoms with Gasteiger partial charge in [-0.3, -0.25) is 14.9 Å². The number of benzene rings is 1. The number of hydrogen-bond acceptors (Lipinski definition) is 6. The second kappa shape index (κ2) is 6.14. The fourth-order valence-electron chi connectivity index (χ4n) is 1.57. The zero-order chi connectivity index (χ0) is 15.4. The van der Waals surface area contributed by atoms with Crippen molar-refractivity contribution in [1.29, 1.82) is 0 Å². The Labute approximate surface area is 122 Å². The van der Waals surface area contributed by atoms with Crippen molar-refractivity contribution in [3.63, 3.8) is 0 Å². The van der Waals surface area contributed by atoms with Gasteiger partial charge in [0.05, 0.1) is 10.5 Å². The summed E-state index contributed by atoms with van der Waals surface area (Å²) in [6, 6.07) is 6.66. The standard InChI is InChI=1S/C13H8N2O5S/c16-7-8-6-9(15(19)20)3-4-11(8)21-12-10(13(17)18)2-1-5-14-12/h1-7H,(H,17,18). The Morgan fingerprint density at radius 3 is 2.76 bits per heavy atom. The molecule has 1 aromatic heterocycles. The summed E-state index contributed by atoms with van der Waals surface area (Å²) in [7, 11) is 0. The maximum absolute atomic E-state index is 11.1. The first kappa shape index (κ1) is 14.7. The third-order valence-electron chi connectivity index (χ3n) is 2.54. The van der Waals surface area contributed by atoms with Gasteiger partial charge in [0.1, 0.15) is 5.03 Å². The Balaban J connectivity index is 2.43. The molecule has 0 aliphatic heterocycles. The number of carbonyl (C=O) groups excluding carboxylic acids is 1. The zero-order valence-corrected chi connectivity index (χ0v) is 11.2. The van der Waals surface area contributed by atoms with E-state index >= 15 is 0 Å². The van der Waals surface area contributed by atoms with E-state index in [1.807, 2.05) is 0 Å². The number of non-ortho nitro benzene ring substituents is 1. The van der Waals surface area contributed by atoms with Crippen LogP contribution in [0.2, 0.25) is 0 Å². The molecule has 0 spiro atoms. The van der Waals surface area contributed by atoms with Crippen molar-refractivity contribution in [2.75, 3.05) is 0 Å². The van der Waals surface area contributed by atoms with E-state index < -0.39 is 10.9 Å². The molecule has 1 N–H and O–H groups in total. The van der Waals surface area contributed by atoms with Gasteiger partial charge in [0.2, 0.25) is 0 Å². The van der Waals surface area contributed by atoms with Crippen LogP contribution in [0.3, 0.4) is 0 Å². The highest BCUT2D eigenvalue weighted by molar-refractivity contribution is 7.99. The topological polar surface area (TPSA) is 110 Å². The lowest BCUT2D eigenvalue weighted by Gasteiger charge is -2.06. The van der Waals surface area contributed by atoms with Gasteiger partial charge in [0.15, 0.2) is 6.29 Å². The zero-order valence-electron chi connectivity index (χ0n) is 10.4. The molecule has 0 saturated carbocycles. The SMILES string of the molecule is O=Cc1cc([N+](=O)[O-])ccc1Sc1ncccc1C(=O)O. The fourth-order valence-corrected chi connectivity index (χ4v) is 2.52.